The molecule has 1 heterocycles. The highest BCUT2D eigenvalue weighted by Gasteiger charge is 2.35. The molecule has 0 aliphatic heterocycles. The van der Waals surface area contributed by atoms with Gasteiger partial charge in [-0.3, -0.25) is 0 Å². The van der Waals surface area contributed by atoms with Crippen molar-refractivity contribution in [3.8, 4) is 0 Å². The molecule has 0 aromatic carbocycles. The fourth-order valence-electron chi connectivity index (χ4n) is 1.97. The molecule has 0 N–H and O–H groups in total. The van der Waals surface area contributed by atoms with Gasteiger partial charge in [0, 0.05) is 22.5 Å². The Kier molecular flexibility index (Phi) is 3.90. The number of aryl methyl sites for hydroxylation is 2. The average molecular weight is 301 g/mol. The quantitative estimate of drug-likeness (QED) is 0.481. The standard InChI is InChI=1S/C12H17BrN2S/c1-9-6-10(2)15-11(14-9)16-8-12(7-13)4-3-5-12/h6H,3-5,7-8H2,1-2H3. The molecule has 0 saturated heterocycles. The predicted octanol–water partition coefficient (Wildman–Crippen LogP) is 3.75. The summed E-state index contributed by atoms with van der Waals surface area (Å²) < 4.78 is 0. The Hall–Kier alpha value is -0.0900. The first kappa shape index (κ1) is 12.4. The summed E-state index contributed by atoms with van der Waals surface area (Å²) in [4.78, 5) is 8.93. The lowest BCUT2D eigenvalue weighted by Crippen LogP contribution is -2.33. The topological polar surface area (TPSA) is 25.8 Å². The molecule has 1 aromatic rings. The van der Waals surface area contributed by atoms with Gasteiger partial charge >= 0.3 is 0 Å². The second-order valence-corrected chi connectivity index (χ2v) is 6.21. The Balaban J connectivity index is 1.98. The van der Waals surface area contributed by atoms with Gasteiger partial charge in [0.05, 0.1) is 0 Å². The summed E-state index contributed by atoms with van der Waals surface area (Å²) in [7, 11) is 0. The molecule has 1 fully saturated rings. The molecule has 4 heteroatoms. The van der Waals surface area contributed by atoms with Crippen LogP contribution in [0.3, 0.4) is 0 Å². The van der Waals surface area contributed by atoms with Crippen LogP contribution in [0.4, 0.5) is 0 Å². The highest BCUT2D eigenvalue weighted by atomic mass is 79.9. The molecular weight excluding hydrogens is 284 g/mol. The minimum absolute atomic E-state index is 0.506. The van der Waals surface area contributed by atoms with E-state index < -0.39 is 0 Å². The Labute approximate surface area is 110 Å². The van der Waals surface area contributed by atoms with Gasteiger partial charge in [-0.1, -0.05) is 34.1 Å². The molecule has 88 valence electrons. The van der Waals surface area contributed by atoms with Crippen LogP contribution in [-0.2, 0) is 0 Å². The number of rotatable bonds is 4. The summed E-state index contributed by atoms with van der Waals surface area (Å²) in [6.45, 7) is 4.06. The van der Waals surface area contributed by atoms with E-state index in [2.05, 4.69) is 25.9 Å². The number of nitrogens with zero attached hydrogens (tertiary/aromatic N) is 2. The molecule has 1 aromatic heterocycles. The van der Waals surface area contributed by atoms with Crippen molar-refractivity contribution in [2.45, 2.75) is 38.3 Å². The summed E-state index contributed by atoms with van der Waals surface area (Å²) in [5, 5.41) is 2.04. The van der Waals surface area contributed by atoms with Crippen LogP contribution in [0, 0.1) is 19.3 Å². The highest BCUT2D eigenvalue weighted by Crippen LogP contribution is 2.45. The van der Waals surface area contributed by atoms with Gasteiger partial charge in [-0.25, -0.2) is 9.97 Å². The van der Waals surface area contributed by atoms with Gasteiger partial charge < -0.3 is 0 Å². The molecule has 0 radical (unpaired) electrons. The van der Waals surface area contributed by atoms with Crippen LogP contribution >= 0.6 is 27.7 Å². The number of aromatic nitrogens is 2. The van der Waals surface area contributed by atoms with Crippen LogP contribution in [0.15, 0.2) is 11.2 Å². The minimum Gasteiger partial charge on any atom is -0.228 e. The van der Waals surface area contributed by atoms with Gasteiger partial charge in [-0.15, -0.1) is 0 Å². The molecule has 0 bridgehead atoms. The fourth-order valence-corrected chi connectivity index (χ4v) is 4.23. The summed E-state index contributed by atoms with van der Waals surface area (Å²) in [6, 6.07) is 2.02. The van der Waals surface area contributed by atoms with Crippen molar-refractivity contribution in [1.29, 1.82) is 0 Å². The maximum atomic E-state index is 4.47. The summed E-state index contributed by atoms with van der Waals surface area (Å²) in [5.41, 5.74) is 2.64. The zero-order valence-corrected chi connectivity index (χ0v) is 12.2. The molecule has 0 amide bonds. The van der Waals surface area contributed by atoms with Crippen LogP contribution in [0.2, 0.25) is 0 Å². The van der Waals surface area contributed by atoms with Crippen molar-refractivity contribution >= 4 is 27.7 Å². The largest absolute Gasteiger partial charge is 0.228 e. The van der Waals surface area contributed by atoms with E-state index in [1.54, 1.807) is 11.8 Å². The molecule has 16 heavy (non-hydrogen) atoms. The van der Waals surface area contributed by atoms with Crippen molar-refractivity contribution in [2.75, 3.05) is 11.1 Å². The lowest BCUT2D eigenvalue weighted by atomic mass is 9.72. The third kappa shape index (κ3) is 2.77. The maximum absolute atomic E-state index is 4.47. The molecule has 0 spiro atoms. The van der Waals surface area contributed by atoms with Crippen LogP contribution in [0.5, 0.6) is 0 Å². The zero-order chi connectivity index (χ0) is 11.6. The number of halogens is 1. The van der Waals surface area contributed by atoms with E-state index in [0.717, 1.165) is 27.6 Å². The highest BCUT2D eigenvalue weighted by molar-refractivity contribution is 9.09. The lowest BCUT2D eigenvalue weighted by Gasteiger charge is -2.40. The average Bonchev–Trinajstić information content (AvgIpc) is 2.15. The Morgan fingerprint density at radius 2 is 1.94 bits per heavy atom. The molecule has 0 atom stereocenters. The first-order valence-corrected chi connectivity index (χ1v) is 7.75. The number of thioether (sulfide) groups is 1. The maximum Gasteiger partial charge on any atom is 0.187 e. The second kappa shape index (κ2) is 5.05. The van der Waals surface area contributed by atoms with E-state index >= 15 is 0 Å². The van der Waals surface area contributed by atoms with Crippen molar-refractivity contribution in [2.24, 2.45) is 5.41 Å². The molecule has 1 aliphatic carbocycles. The van der Waals surface area contributed by atoms with Gasteiger partial charge in [-0.05, 0) is 38.2 Å². The predicted molar refractivity (Wildman–Crippen MR) is 72.3 cm³/mol. The zero-order valence-electron chi connectivity index (χ0n) is 9.79. The van der Waals surface area contributed by atoms with Crippen LogP contribution < -0.4 is 0 Å². The molecule has 0 unspecified atom stereocenters. The van der Waals surface area contributed by atoms with Crippen molar-refractivity contribution in [3.63, 3.8) is 0 Å². The minimum atomic E-state index is 0.506. The normalized spacial score (nSPS) is 18.2. The summed E-state index contributed by atoms with van der Waals surface area (Å²) >= 11 is 5.44. The molecule has 1 saturated carbocycles. The summed E-state index contributed by atoms with van der Waals surface area (Å²) in [5.74, 6) is 1.14. The number of hydrogen-bond donors (Lipinski definition) is 0. The van der Waals surface area contributed by atoms with Crippen LogP contribution in [0.1, 0.15) is 30.7 Å². The monoisotopic (exact) mass is 300 g/mol. The van der Waals surface area contributed by atoms with E-state index in [4.69, 9.17) is 0 Å². The van der Waals surface area contributed by atoms with Gasteiger partial charge in [0.2, 0.25) is 0 Å². The molecule has 2 nitrogen and oxygen atoms in total. The van der Waals surface area contributed by atoms with Gasteiger partial charge in [0.15, 0.2) is 5.16 Å². The fraction of sp³-hybridized carbons (Fsp3) is 0.667. The van der Waals surface area contributed by atoms with Crippen molar-refractivity contribution < 1.29 is 0 Å². The first-order valence-electron chi connectivity index (χ1n) is 5.65. The van der Waals surface area contributed by atoms with Crippen molar-refractivity contribution in [1.82, 2.24) is 9.97 Å². The smallest absolute Gasteiger partial charge is 0.187 e. The SMILES string of the molecule is Cc1cc(C)nc(SCC2(CBr)CCC2)n1. The van der Waals surface area contributed by atoms with Gasteiger partial charge in [0.25, 0.3) is 0 Å². The van der Waals surface area contributed by atoms with Crippen LogP contribution in [0.25, 0.3) is 0 Å². The number of alkyl halides is 1. The van der Waals surface area contributed by atoms with E-state index in [-0.39, 0.29) is 0 Å². The Bertz CT molecular complexity index is 352. The third-order valence-electron chi connectivity index (χ3n) is 3.17. The molecule has 2 rings (SSSR count). The first-order chi connectivity index (χ1) is 7.63. The van der Waals surface area contributed by atoms with E-state index in [0.29, 0.717) is 5.41 Å². The van der Waals surface area contributed by atoms with Gasteiger partial charge in [-0.2, -0.15) is 0 Å². The lowest BCUT2D eigenvalue weighted by molar-refractivity contribution is 0.206. The molecule has 1 aliphatic rings. The third-order valence-corrected chi connectivity index (χ3v) is 5.55. The number of hydrogen-bond acceptors (Lipinski definition) is 3. The van der Waals surface area contributed by atoms with E-state index in [9.17, 15) is 0 Å². The van der Waals surface area contributed by atoms with Crippen molar-refractivity contribution in [3.05, 3.63) is 17.5 Å². The van der Waals surface area contributed by atoms with E-state index in [1.165, 1.54) is 19.3 Å². The Morgan fingerprint density at radius 1 is 1.31 bits per heavy atom. The second-order valence-electron chi connectivity index (χ2n) is 4.71. The summed E-state index contributed by atoms with van der Waals surface area (Å²) in [6.07, 6.45) is 4.06. The van der Waals surface area contributed by atoms with E-state index in [1.807, 2.05) is 19.9 Å². The Morgan fingerprint density at radius 3 is 2.38 bits per heavy atom. The van der Waals surface area contributed by atoms with Gasteiger partial charge in [0.1, 0.15) is 0 Å². The van der Waals surface area contributed by atoms with Crippen LogP contribution in [-0.4, -0.2) is 21.1 Å². The molecular formula is C12H17BrN2S.